The van der Waals surface area contributed by atoms with E-state index in [1.54, 1.807) is 14.2 Å². The Labute approximate surface area is 154 Å². The normalized spacial score (nSPS) is 10.8. The molecule has 0 radical (unpaired) electrons. The lowest BCUT2D eigenvalue weighted by atomic mass is 10.1. The van der Waals surface area contributed by atoms with Gasteiger partial charge in [-0.1, -0.05) is 24.3 Å². The number of methoxy groups -OCH3 is 2. The van der Waals surface area contributed by atoms with E-state index < -0.39 is 0 Å². The van der Waals surface area contributed by atoms with Crippen molar-refractivity contribution in [2.24, 2.45) is 0 Å². The van der Waals surface area contributed by atoms with Gasteiger partial charge in [-0.3, -0.25) is 4.68 Å². The fourth-order valence-corrected chi connectivity index (χ4v) is 2.72. The minimum atomic E-state index is -0.200. The second-order valence-corrected chi connectivity index (χ2v) is 6.15. The predicted molar refractivity (Wildman–Crippen MR) is 99.8 cm³/mol. The van der Waals surface area contributed by atoms with Gasteiger partial charge >= 0.3 is 6.03 Å². The van der Waals surface area contributed by atoms with E-state index in [0.29, 0.717) is 32.8 Å². The highest BCUT2D eigenvalue weighted by molar-refractivity contribution is 5.73. The summed E-state index contributed by atoms with van der Waals surface area (Å²) in [6.45, 7) is 6.78. The van der Waals surface area contributed by atoms with Gasteiger partial charge in [0.15, 0.2) is 0 Å². The van der Waals surface area contributed by atoms with Crippen LogP contribution in [0.4, 0.5) is 4.79 Å². The topological polar surface area (TPSA) is 77.4 Å². The van der Waals surface area contributed by atoms with E-state index in [0.717, 1.165) is 28.1 Å². The Hall–Kier alpha value is -2.38. The van der Waals surface area contributed by atoms with Crippen LogP contribution in [0.1, 0.15) is 28.1 Å². The van der Waals surface area contributed by atoms with Crippen molar-refractivity contribution < 1.29 is 14.3 Å². The monoisotopic (exact) mass is 360 g/mol. The SMILES string of the molecule is COCCn1nc(C)c(CNC(=O)NCc2ccc(COC)cc2)c1C. The van der Waals surface area contributed by atoms with Crippen LogP contribution in [-0.2, 0) is 35.7 Å². The van der Waals surface area contributed by atoms with Crippen molar-refractivity contribution in [3.05, 3.63) is 52.3 Å². The van der Waals surface area contributed by atoms with Crippen LogP contribution in [0, 0.1) is 13.8 Å². The third kappa shape index (κ3) is 5.57. The van der Waals surface area contributed by atoms with E-state index in [9.17, 15) is 4.79 Å². The zero-order valence-electron chi connectivity index (χ0n) is 16.0. The molecule has 2 amide bonds. The van der Waals surface area contributed by atoms with E-state index >= 15 is 0 Å². The maximum atomic E-state index is 12.1. The number of nitrogens with zero attached hydrogens (tertiary/aromatic N) is 2. The number of nitrogens with one attached hydrogen (secondary N) is 2. The molecule has 1 aromatic heterocycles. The van der Waals surface area contributed by atoms with E-state index in [4.69, 9.17) is 9.47 Å². The number of aromatic nitrogens is 2. The number of carbonyl (C=O) groups is 1. The first-order valence-electron chi connectivity index (χ1n) is 8.65. The van der Waals surface area contributed by atoms with E-state index in [2.05, 4.69) is 15.7 Å². The number of hydrogen-bond donors (Lipinski definition) is 2. The van der Waals surface area contributed by atoms with E-state index in [1.165, 1.54) is 0 Å². The van der Waals surface area contributed by atoms with Crippen LogP contribution in [0.5, 0.6) is 0 Å². The van der Waals surface area contributed by atoms with Crippen molar-refractivity contribution >= 4 is 6.03 Å². The van der Waals surface area contributed by atoms with Crippen molar-refractivity contribution in [3.63, 3.8) is 0 Å². The average molecular weight is 360 g/mol. The molecule has 0 fully saturated rings. The number of ether oxygens (including phenoxy) is 2. The van der Waals surface area contributed by atoms with Crippen molar-refractivity contribution in [3.8, 4) is 0 Å². The molecule has 0 saturated carbocycles. The van der Waals surface area contributed by atoms with Crippen LogP contribution >= 0.6 is 0 Å². The number of urea groups is 1. The Bertz CT molecular complexity index is 710. The summed E-state index contributed by atoms with van der Waals surface area (Å²) in [5.41, 5.74) is 5.17. The lowest BCUT2D eigenvalue weighted by molar-refractivity contribution is 0.182. The largest absolute Gasteiger partial charge is 0.383 e. The van der Waals surface area contributed by atoms with Gasteiger partial charge in [0.25, 0.3) is 0 Å². The van der Waals surface area contributed by atoms with Gasteiger partial charge in [0, 0.05) is 38.6 Å². The molecule has 2 rings (SSSR count). The number of amides is 2. The highest BCUT2D eigenvalue weighted by Gasteiger charge is 2.12. The molecule has 26 heavy (non-hydrogen) atoms. The Balaban J connectivity index is 1.82. The average Bonchev–Trinajstić information content (AvgIpc) is 2.91. The summed E-state index contributed by atoms with van der Waals surface area (Å²) >= 11 is 0. The number of benzene rings is 1. The molecular weight excluding hydrogens is 332 g/mol. The molecule has 2 aromatic rings. The fourth-order valence-electron chi connectivity index (χ4n) is 2.72. The molecule has 7 nitrogen and oxygen atoms in total. The molecule has 7 heteroatoms. The van der Waals surface area contributed by atoms with E-state index in [-0.39, 0.29) is 6.03 Å². The first-order valence-corrected chi connectivity index (χ1v) is 8.65. The number of rotatable bonds is 9. The van der Waals surface area contributed by atoms with Crippen LogP contribution in [0.3, 0.4) is 0 Å². The van der Waals surface area contributed by atoms with Crippen LogP contribution in [0.15, 0.2) is 24.3 Å². The molecule has 142 valence electrons. The van der Waals surface area contributed by atoms with Crippen molar-refractivity contribution in [2.75, 3.05) is 20.8 Å². The highest BCUT2D eigenvalue weighted by Crippen LogP contribution is 2.12. The van der Waals surface area contributed by atoms with Crippen molar-refractivity contribution in [1.29, 1.82) is 0 Å². The lowest BCUT2D eigenvalue weighted by Crippen LogP contribution is -2.34. The molecule has 0 aliphatic rings. The molecule has 1 heterocycles. The summed E-state index contributed by atoms with van der Waals surface area (Å²) in [6, 6.07) is 7.78. The minimum absolute atomic E-state index is 0.200. The highest BCUT2D eigenvalue weighted by atomic mass is 16.5. The van der Waals surface area contributed by atoms with Gasteiger partial charge < -0.3 is 20.1 Å². The summed E-state index contributed by atoms with van der Waals surface area (Å²) < 4.78 is 12.1. The van der Waals surface area contributed by atoms with Gasteiger partial charge in [0.1, 0.15) is 0 Å². The molecule has 2 N–H and O–H groups in total. The summed E-state index contributed by atoms with van der Waals surface area (Å²) in [4.78, 5) is 12.1. The first kappa shape index (κ1) is 19.9. The zero-order chi connectivity index (χ0) is 18.9. The summed E-state index contributed by atoms with van der Waals surface area (Å²) in [5, 5.41) is 10.3. The summed E-state index contributed by atoms with van der Waals surface area (Å²) in [7, 11) is 3.34. The molecule has 0 saturated heterocycles. The summed E-state index contributed by atoms with van der Waals surface area (Å²) in [5.74, 6) is 0. The Morgan fingerprint density at radius 1 is 1.04 bits per heavy atom. The maximum absolute atomic E-state index is 12.1. The molecule has 0 bridgehead atoms. The van der Waals surface area contributed by atoms with Gasteiger partial charge in [-0.2, -0.15) is 5.10 Å². The third-order valence-electron chi connectivity index (χ3n) is 4.25. The zero-order valence-corrected chi connectivity index (χ0v) is 16.0. The predicted octanol–water partition coefficient (Wildman–Crippen LogP) is 2.29. The number of hydrogen-bond acceptors (Lipinski definition) is 4. The Morgan fingerprint density at radius 2 is 1.69 bits per heavy atom. The van der Waals surface area contributed by atoms with Crippen LogP contribution in [0.25, 0.3) is 0 Å². The molecular formula is C19H28N4O3. The molecule has 0 atom stereocenters. The van der Waals surface area contributed by atoms with Gasteiger partial charge in [-0.05, 0) is 25.0 Å². The Morgan fingerprint density at radius 3 is 2.35 bits per heavy atom. The number of carbonyl (C=O) groups excluding carboxylic acids is 1. The minimum Gasteiger partial charge on any atom is -0.383 e. The molecule has 0 aliphatic carbocycles. The smallest absolute Gasteiger partial charge is 0.315 e. The van der Waals surface area contributed by atoms with Crippen LogP contribution in [-0.4, -0.2) is 36.6 Å². The molecule has 0 spiro atoms. The maximum Gasteiger partial charge on any atom is 0.315 e. The molecule has 1 aromatic carbocycles. The van der Waals surface area contributed by atoms with Gasteiger partial charge in [0.05, 0.1) is 25.5 Å². The first-order chi connectivity index (χ1) is 12.5. The van der Waals surface area contributed by atoms with E-state index in [1.807, 2.05) is 42.8 Å². The molecule has 0 aliphatic heterocycles. The van der Waals surface area contributed by atoms with Crippen LogP contribution in [0.2, 0.25) is 0 Å². The standard InChI is InChI=1S/C19H28N4O3/c1-14-18(15(2)23(22-14)9-10-25-3)12-21-19(24)20-11-16-5-7-17(8-6-16)13-26-4/h5-8H,9-13H2,1-4H3,(H2,20,21,24). The van der Waals surface area contributed by atoms with Gasteiger partial charge in [-0.25, -0.2) is 4.79 Å². The van der Waals surface area contributed by atoms with Gasteiger partial charge in [-0.15, -0.1) is 0 Å². The van der Waals surface area contributed by atoms with Crippen molar-refractivity contribution in [2.45, 2.75) is 40.1 Å². The Kier molecular flexibility index (Phi) is 7.62. The van der Waals surface area contributed by atoms with Crippen molar-refractivity contribution in [1.82, 2.24) is 20.4 Å². The number of aryl methyl sites for hydroxylation is 1. The lowest BCUT2D eigenvalue weighted by Gasteiger charge is -2.09. The fraction of sp³-hybridized carbons (Fsp3) is 0.474. The second-order valence-electron chi connectivity index (χ2n) is 6.15. The third-order valence-corrected chi connectivity index (χ3v) is 4.25. The van der Waals surface area contributed by atoms with Gasteiger partial charge in [0.2, 0.25) is 0 Å². The second kappa shape index (κ2) is 9.94. The summed E-state index contributed by atoms with van der Waals surface area (Å²) in [6.07, 6.45) is 0. The quantitative estimate of drug-likeness (QED) is 0.719. The van der Waals surface area contributed by atoms with Crippen LogP contribution < -0.4 is 10.6 Å². The molecule has 0 unspecified atom stereocenters.